The van der Waals surface area contributed by atoms with Gasteiger partial charge in [0.2, 0.25) is 5.88 Å². The Morgan fingerprint density at radius 1 is 1.22 bits per heavy atom. The molecule has 1 saturated carbocycles. The monoisotopic (exact) mass is 430 g/mol. The van der Waals surface area contributed by atoms with E-state index in [1.807, 2.05) is 12.1 Å². The van der Waals surface area contributed by atoms with Gasteiger partial charge in [-0.25, -0.2) is 9.98 Å². The average Bonchev–Trinajstić information content (AvgIpc) is 3.07. The van der Waals surface area contributed by atoms with Crippen LogP contribution in [0.15, 0.2) is 23.3 Å². The maximum Gasteiger partial charge on any atom is 0.218 e. The van der Waals surface area contributed by atoms with E-state index in [2.05, 4.69) is 14.9 Å². The molecule has 1 saturated heterocycles. The van der Waals surface area contributed by atoms with Gasteiger partial charge in [-0.05, 0) is 51.0 Å². The fraction of sp³-hybridized carbons (Fsp3) is 0.647. The van der Waals surface area contributed by atoms with Gasteiger partial charge in [0.25, 0.3) is 0 Å². The van der Waals surface area contributed by atoms with Gasteiger partial charge >= 0.3 is 0 Å². The van der Waals surface area contributed by atoms with E-state index in [1.54, 1.807) is 6.20 Å². The smallest absolute Gasteiger partial charge is 0.218 e. The van der Waals surface area contributed by atoms with Crippen molar-refractivity contribution in [3.8, 4) is 5.88 Å². The quantitative estimate of drug-likeness (QED) is 0.452. The molecule has 5 nitrogen and oxygen atoms in total. The second-order valence-corrected chi connectivity index (χ2v) is 6.21. The van der Waals surface area contributed by atoms with Gasteiger partial charge in [0.15, 0.2) is 5.96 Å². The fourth-order valence-corrected chi connectivity index (χ4v) is 3.20. The van der Waals surface area contributed by atoms with Gasteiger partial charge in [0, 0.05) is 24.8 Å². The van der Waals surface area contributed by atoms with E-state index in [-0.39, 0.29) is 24.0 Å². The summed E-state index contributed by atoms with van der Waals surface area (Å²) < 4.78 is 6.05. The van der Waals surface area contributed by atoms with Crippen molar-refractivity contribution in [3.63, 3.8) is 0 Å². The Hall–Kier alpha value is -1.05. The van der Waals surface area contributed by atoms with E-state index in [0.717, 1.165) is 37.4 Å². The number of nitrogens with two attached hydrogens (primary N) is 1. The molecule has 2 heterocycles. The first-order chi connectivity index (χ1) is 10.8. The lowest BCUT2D eigenvalue weighted by molar-refractivity contribution is 0.199. The first kappa shape index (κ1) is 18.3. The third-order valence-corrected chi connectivity index (χ3v) is 4.52. The van der Waals surface area contributed by atoms with Crippen LogP contribution in [-0.4, -0.2) is 35.0 Å². The Morgan fingerprint density at radius 2 is 1.96 bits per heavy atom. The van der Waals surface area contributed by atoms with Crippen LogP contribution in [0.2, 0.25) is 0 Å². The first-order valence-electron chi connectivity index (χ1n) is 8.48. The molecule has 1 aromatic rings. The van der Waals surface area contributed by atoms with Crippen LogP contribution in [-0.2, 0) is 6.54 Å². The molecule has 23 heavy (non-hydrogen) atoms. The third kappa shape index (κ3) is 5.22. The van der Waals surface area contributed by atoms with Crippen molar-refractivity contribution in [2.75, 3.05) is 13.1 Å². The Labute approximate surface area is 155 Å². The molecule has 1 aliphatic heterocycles. The zero-order chi connectivity index (χ0) is 15.2. The van der Waals surface area contributed by atoms with Crippen molar-refractivity contribution in [3.05, 3.63) is 23.9 Å². The molecule has 128 valence electrons. The zero-order valence-electron chi connectivity index (χ0n) is 13.6. The van der Waals surface area contributed by atoms with Crippen molar-refractivity contribution >= 4 is 29.9 Å². The van der Waals surface area contributed by atoms with E-state index < -0.39 is 0 Å². The van der Waals surface area contributed by atoms with Crippen LogP contribution in [0.1, 0.15) is 50.5 Å². The number of piperidine rings is 1. The zero-order valence-corrected chi connectivity index (χ0v) is 15.9. The van der Waals surface area contributed by atoms with Gasteiger partial charge < -0.3 is 15.4 Å². The van der Waals surface area contributed by atoms with Crippen LogP contribution in [0, 0.1) is 0 Å². The van der Waals surface area contributed by atoms with E-state index in [9.17, 15) is 0 Å². The van der Waals surface area contributed by atoms with E-state index in [1.165, 1.54) is 32.1 Å². The predicted octanol–water partition coefficient (Wildman–Crippen LogP) is 3.32. The number of pyridine rings is 1. The number of nitrogens with zero attached hydrogens (tertiary/aromatic N) is 3. The molecule has 0 bridgehead atoms. The summed E-state index contributed by atoms with van der Waals surface area (Å²) in [5, 5.41) is 0. The molecular weight excluding hydrogens is 403 g/mol. The van der Waals surface area contributed by atoms with Crippen LogP contribution in [0.3, 0.4) is 0 Å². The summed E-state index contributed by atoms with van der Waals surface area (Å²) in [5.41, 5.74) is 7.15. The highest BCUT2D eigenvalue weighted by atomic mass is 127. The van der Waals surface area contributed by atoms with Gasteiger partial charge in [0.05, 0.1) is 6.54 Å². The van der Waals surface area contributed by atoms with Crippen molar-refractivity contribution < 1.29 is 4.74 Å². The van der Waals surface area contributed by atoms with E-state index >= 15 is 0 Å². The SMILES string of the molecule is I.NC(=NCc1cccnc1OC1CCCC1)N1CCCCC1. The summed E-state index contributed by atoms with van der Waals surface area (Å²) in [5.74, 6) is 1.37. The normalized spacial score (nSPS) is 19.5. The molecule has 2 fully saturated rings. The number of ether oxygens (including phenoxy) is 1. The van der Waals surface area contributed by atoms with Gasteiger partial charge in [-0.2, -0.15) is 0 Å². The number of halogens is 1. The molecule has 2 N–H and O–H groups in total. The number of aromatic nitrogens is 1. The number of hydrogen-bond acceptors (Lipinski definition) is 3. The molecule has 1 aliphatic carbocycles. The topological polar surface area (TPSA) is 63.7 Å². The molecule has 0 amide bonds. The second-order valence-electron chi connectivity index (χ2n) is 6.21. The summed E-state index contributed by atoms with van der Waals surface area (Å²) in [4.78, 5) is 11.1. The molecule has 6 heteroatoms. The van der Waals surface area contributed by atoms with Gasteiger partial charge in [-0.1, -0.05) is 6.07 Å². The van der Waals surface area contributed by atoms with Crippen LogP contribution in [0.25, 0.3) is 0 Å². The van der Waals surface area contributed by atoms with E-state index in [0.29, 0.717) is 18.6 Å². The van der Waals surface area contributed by atoms with Gasteiger partial charge in [-0.3, -0.25) is 0 Å². The molecule has 0 spiro atoms. The third-order valence-electron chi connectivity index (χ3n) is 4.52. The van der Waals surface area contributed by atoms with Crippen molar-refractivity contribution in [1.82, 2.24) is 9.88 Å². The molecule has 0 atom stereocenters. The largest absolute Gasteiger partial charge is 0.474 e. The molecular formula is C17H27IN4O. The molecule has 0 radical (unpaired) electrons. The molecule has 3 rings (SSSR count). The lowest BCUT2D eigenvalue weighted by Crippen LogP contribution is -2.40. The number of hydrogen-bond donors (Lipinski definition) is 1. The van der Waals surface area contributed by atoms with Crippen molar-refractivity contribution in [1.29, 1.82) is 0 Å². The van der Waals surface area contributed by atoms with Crippen LogP contribution in [0.4, 0.5) is 0 Å². The highest BCUT2D eigenvalue weighted by molar-refractivity contribution is 14.0. The Kier molecular flexibility index (Phi) is 7.39. The lowest BCUT2D eigenvalue weighted by atomic mass is 10.1. The minimum absolute atomic E-state index is 0. The van der Waals surface area contributed by atoms with Crippen LogP contribution >= 0.6 is 24.0 Å². The van der Waals surface area contributed by atoms with Gasteiger partial charge in [-0.15, -0.1) is 24.0 Å². The molecule has 0 unspecified atom stereocenters. The molecule has 1 aromatic heterocycles. The summed E-state index contributed by atoms with van der Waals surface area (Å²) in [6.07, 6.45) is 10.6. The standard InChI is InChI=1S/C17H26N4O.HI/c18-17(21-11-4-1-5-12-21)20-13-14-7-6-10-19-16(14)22-15-8-2-3-9-15;/h6-7,10,15H,1-5,8-9,11-13H2,(H2,18,20);1H. The molecule has 2 aliphatic rings. The highest BCUT2D eigenvalue weighted by Gasteiger charge is 2.18. The summed E-state index contributed by atoms with van der Waals surface area (Å²) in [6.45, 7) is 2.58. The van der Waals surface area contributed by atoms with Gasteiger partial charge in [0.1, 0.15) is 6.10 Å². The van der Waals surface area contributed by atoms with Crippen LogP contribution < -0.4 is 10.5 Å². The number of rotatable bonds is 4. The maximum absolute atomic E-state index is 6.12. The summed E-state index contributed by atoms with van der Waals surface area (Å²) in [7, 11) is 0. The highest BCUT2D eigenvalue weighted by Crippen LogP contribution is 2.25. The fourth-order valence-electron chi connectivity index (χ4n) is 3.20. The van der Waals surface area contributed by atoms with Crippen LogP contribution in [0.5, 0.6) is 5.88 Å². The minimum Gasteiger partial charge on any atom is -0.474 e. The minimum atomic E-state index is 0. The summed E-state index contributed by atoms with van der Waals surface area (Å²) >= 11 is 0. The van der Waals surface area contributed by atoms with Crippen molar-refractivity contribution in [2.24, 2.45) is 10.7 Å². The Balaban J connectivity index is 0.00000192. The van der Waals surface area contributed by atoms with Crippen molar-refractivity contribution in [2.45, 2.75) is 57.6 Å². The number of guanidine groups is 1. The van der Waals surface area contributed by atoms with E-state index in [4.69, 9.17) is 10.5 Å². The first-order valence-corrected chi connectivity index (χ1v) is 8.48. The maximum atomic E-state index is 6.12. The average molecular weight is 430 g/mol. The Bertz CT molecular complexity index is 511. The summed E-state index contributed by atoms with van der Waals surface area (Å²) in [6, 6.07) is 3.97. The predicted molar refractivity (Wildman–Crippen MR) is 103 cm³/mol. The molecule has 0 aromatic carbocycles. The lowest BCUT2D eigenvalue weighted by Gasteiger charge is -2.27. The number of aliphatic imine (C=N–C) groups is 1. The number of likely N-dealkylation sites (tertiary alicyclic amines) is 1. The second kappa shape index (κ2) is 9.30. The Morgan fingerprint density at radius 3 is 2.70 bits per heavy atom.